The Hall–Kier alpha value is -1.92. The minimum Gasteiger partial charge on any atom is -0.480 e. The number of amides is 1. The van der Waals surface area contributed by atoms with Crippen LogP contribution < -0.4 is 5.32 Å². The van der Waals surface area contributed by atoms with Crippen molar-refractivity contribution < 1.29 is 19.2 Å². The van der Waals surface area contributed by atoms with Gasteiger partial charge in [0.25, 0.3) is 0 Å². The average molecular weight is 335 g/mol. The molecule has 2 fully saturated rings. The van der Waals surface area contributed by atoms with Crippen LogP contribution in [0, 0.1) is 0 Å². The second-order valence-electron chi connectivity index (χ2n) is 7.02. The van der Waals surface area contributed by atoms with E-state index in [0.717, 1.165) is 37.9 Å². The molecule has 0 aliphatic heterocycles. The number of hydrogen-bond acceptors (Lipinski definition) is 5. The van der Waals surface area contributed by atoms with Gasteiger partial charge in [0.05, 0.1) is 0 Å². The summed E-state index contributed by atoms with van der Waals surface area (Å²) in [5, 5.41) is 16.2. The number of hydrogen-bond donors (Lipinski definition) is 2. The molecule has 2 aliphatic carbocycles. The van der Waals surface area contributed by atoms with Crippen molar-refractivity contribution in [1.29, 1.82) is 0 Å². The van der Waals surface area contributed by atoms with Gasteiger partial charge in [-0.2, -0.15) is 4.98 Å². The van der Waals surface area contributed by atoms with E-state index in [2.05, 4.69) is 15.5 Å². The van der Waals surface area contributed by atoms with Gasteiger partial charge in [0, 0.05) is 18.8 Å². The molecule has 2 N–H and O–H groups in total. The van der Waals surface area contributed by atoms with E-state index in [4.69, 9.17) is 4.52 Å². The Bertz CT molecular complexity index is 586. The van der Waals surface area contributed by atoms with Gasteiger partial charge >= 0.3 is 5.97 Å². The maximum Gasteiger partial charge on any atom is 0.329 e. The smallest absolute Gasteiger partial charge is 0.329 e. The lowest BCUT2D eigenvalue weighted by molar-refractivity contribution is -0.149. The largest absolute Gasteiger partial charge is 0.480 e. The van der Waals surface area contributed by atoms with Crippen LogP contribution in [-0.4, -0.2) is 32.7 Å². The summed E-state index contributed by atoms with van der Waals surface area (Å²) >= 11 is 0. The molecule has 0 radical (unpaired) electrons. The molecule has 0 unspecified atom stereocenters. The molecule has 0 aromatic carbocycles. The molecule has 0 spiro atoms. The fourth-order valence-corrected chi connectivity index (χ4v) is 3.82. The van der Waals surface area contributed by atoms with E-state index < -0.39 is 11.5 Å². The predicted molar refractivity (Wildman–Crippen MR) is 85.4 cm³/mol. The predicted octanol–water partition coefficient (Wildman–Crippen LogP) is 2.56. The van der Waals surface area contributed by atoms with Crippen molar-refractivity contribution in [2.24, 2.45) is 0 Å². The minimum atomic E-state index is -1.10. The molecular weight excluding hydrogens is 310 g/mol. The van der Waals surface area contributed by atoms with Crippen molar-refractivity contribution in [3.63, 3.8) is 0 Å². The number of carboxylic acid groups (broad SMARTS) is 1. The normalized spacial score (nSPS) is 20.8. The summed E-state index contributed by atoms with van der Waals surface area (Å²) in [6.45, 7) is 0. The van der Waals surface area contributed by atoms with Crippen LogP contribution in [0.1, 0.15) is 81.8 Å². The number of nitrogens with one attached hydrogen (secondary N) is 1. The Balaban J connectivity index is 1.52. The van der Waals surface area contributed by atoms with Crippen LogP contribution in [0.2, 0.25) is 0 Å². The standard InChI is InChI=1S/C17H25N3O4/c21-13(19-17(16(22)23)10-4-1-5-11-17)8-9-14-18-15(20-24-14)12-6-2-3-7-12/h12H,1-11H2,(H,19,21)(H,22,23). The first-order chi connectivity index (χ1) is 11.6. The van der Waals surface area contributed by atoms with Crippen LogP contribution in [0.25, 0.3) is 0 Å². The summed E-state index contributed by atoms with van der Waals surface area (Å²) in [6, 6.07) is 0. The first-order valence-corrected chi connectivity index (χ1v) is 8.96. The summed E-state index contributed by atoms with van der Waals surface area (Å²) in [5.74, 6) is 0.392. The molecule has 7 heteroatoms. The maximum absolute atomic E-state index is 12.2. The molecule has 7 nitrogen and oxygen atoms in total. The number of aryl methyl sites for hydroxylation is 1. The number of carboxylic acids is 1. The molecule has 1 heterocycles. The molecule has 0 bridgehead atoms. The van der Waals surface area contributed by atoms with Crippen molar-refractivity contribution in [3.05, 3.63) is 11.7 Å². The second kappa shape index (κ2) is 7.32. The number of rotatable bonds is 6. The van der Waals surface area contributed by atoms with Crippen molar-refractivity contribution in [2.75, 3.05) is 0 Å². The van der Waals surface area contributed by atoms with E-state index in [0.29, 0.717) is 31.1 Å². The van der Waals surface area contributed by atoms with Gasteiger partial charge < -0.3 is 14.9 Å². The van der Waals surface area contributed by atoms with Crippen molar-refractivity contribution in [2.45, 2.75) is 82.1 Å². The highest BCUT2D eigenvalue weighted by Gasteiger charge is 2.40. The zero-order chi connectivity index (χ0) is 17.0. The Morgan fingerprint density at radius 2 is 1.88 bits per heavy atom. The lowest BCUT2D eigenvalue weighted by Crippen LogP contribution is -2.55. The molecule has 1 amide bonds. The first-order valence-electron chi connectivity index (χ1n) is 8.96. The zero-order valence-electron chi connectivity index (χ0n) is 13.9. The minimum absolute atomic E-state index is 0.168. The van der Waals surface area contributed by atoms with Gasteiger partial charge in [-0.05, 0) is 25.7 Å². The topological polar surface area (TPSA) is 105 Å². The van der Waals surface area contributed by atoms with Gasteiger partial charge in [0.1, 0.15) is 5.54 Å². The third kappa shape index (κ3) is 3.76. The SMILES string of the molecule is O=C(CCc1nc(C2CCCC2)no1)NC1(C(=O)O)CCCCC1. The molecule has 1 aromatic rings. The average Bonchev–Trinajstić information content (AvgIpc) is 3.25. The van der Waals surface area contributed by atoms with Gasteiger partial charge in [-0.15, -0.1) is 0 Å². The van der Waals surface area contributed by atoms with E-state index in [9.17, 15) is 14.7 Å². The van der Waals surface area contributed by atoms with Gasteiger partial charge in [-0.3, -0.25) is 4.79 Å². The molecule has 2 aliphatic rings. The van der Waals surface area contributed by atoms with Crippen molar-refractivity contribution >= 4 is 11.9 Å². The zero-order valence-corrected chi connectivity index (χ0v) is 13.9. The first kappa shape index (κ1) is 16.9. The molecule has 0 saturated heterocycles. The fourth-order valence-electron chi connectivity index (χ4n) is 3.82. The molecule has 2 saturated carbocycles. The van der Waals surface area contributed by atoms with E-state index in [1.54, 1.807) is 0 Å². The van der Waals surface area contributed by atoms with Crippen LogP contribution in [0.15, 0.2) is 4.52 Å². The molecule has 3 rings (SSSR count). The van der Waals surface area contributed by atoms with Crippen molar-refractivity contribution in [1.82, 2.24) is 15.5 Å². The van der Waals surface area contributed by atoms with Crippen LogP contribution in [0.3, 0.4) is 0 Å². The quantitative estimate of drug-likeness (QED) is 0.827. The molecule has 1 aromatic heterocycles. The van der Waals surface area contributed by atoms with E-state index in [1.807, 2.05) is 0 Å². The van der Waals surface area contributed by atoms with Crippen LogP contribution >= 0.6 is 0 Å². The molecule has 132 valence electrons. The lowest BCUT2D eigenvalue weighted by Gasteiger charge is -2.33. The third-order valence-electron chi connectivity index (χ3n) is 5.27. The van der Waals surface area contributed by atoms with Gasteiger partial charge in [0.2, 0.25) is 11.8 Å². The highest BCUT2D eigenvalue weighted by Crippen LogP contribution is 2.32. The summed E-state index contributed by atoms with van der Waals surface area (Å²) in [6.07, 6.45) is 8.81. The summed E-state index contributed by atoms with van der Waals surface area (Å²) < 4.78 is 5.23. The number of carbonyl (C=O) groups excluding carboxylic acids is 1. The summed E-state index contributed by atoms with van der Waals surface area (Å²) in [5.41, 5.74) is -1.10. The lowest BCUT2D eigenvalue weighted by atomic mass is 9.81. The van der Waals surface area contributed by atoms with Crippen LogP contribution in [0.4, 0.5) is 0 Å². The monoisotopic (exact) mass is 335 g/mol. The highest BCUT2D eigenvalue weighted by atomic mass is 16.5. The van der Waals surface area contributed by atoms with E-state index in [1.165, 1.54) is 12.8 Å². The van der Waals surface area contributed by atoms with Gasteiger partial charge in [0.15, 0.2) is 5.82 Å². The Morgan fingerprint density at radius 3 is 2.54 bits per heavy atom. The van der Waals surface area contributed by atoms with E-state index >= 15 is 0 Å². The van der Waals surface area contributed by atoms with Gasteiger partial charge in [-0.1, -0.05) is 37.3 Å². The second-order valence-corrected chi connectivity index (χ2v) is 7.02. The molecular formula is C17H25N3O4. The maximum atomic E-state index is 12.2. The Labute approximate surface area is 141 Å². The molecule has 0 atom stereocenters. The van der Waals surface area contributed by atoms with Gasteiger partial charge in [-0.25, -0.2) is 4.79 Å². The van der Waals surface area contributed by atoms with Crippen LogP contribution in [-0.2, 0) is 16.0 Å². The number of carbonyl (C=O) groups is 2. The Morgan fingerprint density at radius 1 is 1.17 bits per heavy atom. The summed E-state index contributed by atoms with van der Waals surface area (Å²) in [7, 11) is 0. The highest BCUT2D eigenvalue weighted by molar-refractivity contribution is 5.87. The van der Waals surface area contributed by atoms with Crippen LogP contribution in [0.5, 0.6) is 0 Å². The number of nitrogens with zero attached hydrogens (tertiary/aromatic N) is 2. The summed E-state index contributed by atoms with van der Waals surface area (Å²) in [4.78, 5) is 28.2. The Kier molecular flexibility index (Phi) is 5.16. The number of aromatic nitrogens is 2. The van der Waals surface area contributed by atoms with E-state index in [-0.39, 0.29) is 12.3 Å². The third-order valence-corrected chi connectivity index (χ3v) is 5.27. The van der Waals surface area contributed by atoms with Crippen molar-refractivity contribution in [3.8, 4) is 0 Å². The fraction of sp³-hybridized carbons (Fsp3) is 0.765. The molecule has 24 heavy (non-hydrogen) atoms. The number of aliphatic carboxylic acids is 1.